The van der Waals surface area contributed by atoms with Crippen molar-refractivity contribution in [2.45, 2.75) is 42.6 Å². The van der Waals surface area contributed by atoms with E-state index in [1.54, 1.807) is 0 Å². The van der Waals surface area contributed by atoms with Gasteiger partial charge < -0.3 is 0 Å². The van der Waals surface area contributed by atoms with Crippen LogP contribution in [0.2, 0.25) is 0 Å². The number of pyridine rings is 1. The Balaban J connectivity index is 2.11. The molecule has 5 heteroatoms. The van der Waals surface area contributed by atoms with Gasteiger partial charge in [0.25, 0.3) is 0 Å². The van der Waals surface area contributed by atoms with E-state index in [0.717, 1.165) is 16.7 Å². The molecule has 2 heterocycles. The molecule has 3 nitrogen and oxygen atoms in total. The van der Waals surface area contributed by atoms with Gasteiger partial charge in [-0.15, -0.1) is 0 Å². The van der Waals surface area contributed by atoms with Gasteiger partial charge in [-0.3, -0.25) is 16.3 Å². The van der Waals surface area contributed by atoms with Crippen LogP contribution in [0.1, 0.15) is 31.1 Å². The highest BCUT2D eigenvalue weighted by molar-refractivity contribution is 8.07. The fourth-order valence-corrected chi connectivity index (χ4v) is 5.16. The molecule has 1 aromatic heterocycles. The van der Waals surface area contributed by atoms with Gasteiger partial charge in [-0.1, -0.05) is 19.9 Å². The van der Waals surface area contributed by atoms with Crippen molar-refractivity contribution in [3.63, 3.8) is 0 Å². The van der Waals surface area contributed by atoms with Crippen molar-refractivity contribution in [3.8, 4) is 0 Å². The minimum absolute atomic E-state index is 0.186. The Bertz CT molecular complexity index is 382. The van der Waals surface area contributed by atoms with Crippen molar-refractivity contribution in [3.05, 3.63) is 29.6 Å². The molecule has 0 spiro atoms. The minimum atomic E-state index is 0.186. The monoisotopic (exact) mass is 283 g/mol. The summed E-state index contributed by atoms with van der Waals surface area (Å²) in [5.41, 5.74) is 5.20. The van der Waals surface area contributed by atoms with Crippen LogP contribution in [0.5, 0.6) is 0 Å². The van der Waals surface area contributed by atoms with Crippen LogP contribution in [0.15, 0.2) is 18.3 Å². The molecule has 1 aliphatic heterocycles. The molecule has 100 valence electrons. The Morgan fingerprint density at radius 3 is 2.72 bits per heavy atom. The largest absolute Gasteiger partial charge is 0.271 e. The zero-order valence-corrected chi connectivity index (χ0v) is 12.7. The maximum absolute atomic E-state index is 5.75. The second-order valence-corrected chi connectivity index (χ2v) is 7.83. The molecule has 0 aromatic carbocycles. The average Bonchev–Trinajstić information content (AvgIpc) is 2.37. The van der Waals surface area contributed by atoms with Gasteiger partial charge in [-0.25, -0.2) is 0 Å². The van der Waals surface area contributed by atoms with Crippen molar-refractivity contribution in [1.82, 2.24) is 10.4 Å². The number of aromatic nitrogens is 1. The summed E-state index contributed by atoms with van der Waals surface area (Å²) in [6.45, 7) is 6.61. The van der Waals surface area contributed by atoms with E-state index >= 15 is 0 Å². The van der Waals surface area contributed by atoms with Crippen molar-refractivity contribution in [1.29, 1.82) is 0 Å². The summed E-state index contributed by atoms with van der Waals surface area (Å²) in [6.07, 6.45) is 1.94. The molecule has 3 N–H and O–H groups in total. The number of rotatable bonds is 3. The normalized spacial score (nSPS) is 30.1. The van der Waals surface area contributed by atoms with Crippen LogP contribution in [0.3, 0.4) is 0 Å². The smallest absolute Gasteiger partial charge is 0.0601 e. The first kappa shape index (κ1) is 14.2. The fourth-order valence-electron chi connectivity index (χ4n) is 2.06. The van der Waals surface area contributed by atoms with Gasteiger partial charge in [0, 0.05) is 33.4 Å². The van der Waals surface area contributed by atoms with Crippen molar-refractivity contribution in [2.75, 3.05) is 5.75 Å². The Morgan fingerprint density at radius 1 is 1.39 bits per heavy atom. The lowest BCUT2D eigenvalue weighted by Crippen LogP contribution is -2.40. The number of thioether (sulfide) groups is 2. The van der Waals surface area contributed by atoms with Gasteiger partial charge in [0.05, 0.1) is 6.04 Å². The molecule has 0 amide bonds. The van der Waals surface area contributed by atoms with Crippen LogP contribution in [0, 0.1) is 6.92 Å². The highest BCUT2D eigenvalue weighted by Crippen LogP contribution is 2.40. The van der Waals surface area contributed by atoms with Gasteiger partial charge >= 0.3 is 0 Å². The molecule has 0 aliphatic carbocycles. The molecule has 1 fully saturated rings. The number of hydrogen-bond acceptors (Lipinski definition) is 5. The molecule has 0 radical (unpaired) electrons. The molecular weight excluding hydrogens is 262 g/mol. The third kappa shape index (κ3) is 3.20. The van der Waals surface area contributed by atoms with E-state index in [1.807, 2.05) is 42.7 Å². The van der Waals surface area contributed by atoms with Gasteiger partial charge in [0.1, 0.15) is 0 Å². The third-order valence-electron chi connectivity index (χ3n) is 3.42. The zero-order valence-electron chi connectivity index (χ0n) is 11.1. The van der Waals surface area contributed by atoms with Gasteiger partial charge in [0.15, 0.2) is 0 Å². The summed E-state index contributed by atoms with van der Waals surface area (Å²) in [5.74, 6) is 6.89. The number of hydrogen-bond donors (Lipinski definition) is 2. The number of aryl methyl sites for hydroxylation is 1. The summed E-state index contributed by atoms with van der Waals surface area (Å²) in [5, 5.41) is 1.90. The van der Waals surface area contributed by atoms with Gasteiger partial charge in [-0.05, 0) is 18.6 Å². The van der Waals surface area contributed by atoms with E-state index in [4.69, 9.17) is 5.84 Å². The first-order chi connectivity index (χ1) is 8.61. The van der Waals surface area contributed by atoms with E-state index in [1.165, 1.54) is 5.56 Å². The fraction of sp³-hybridized carbons (Fsp3) is 0.615. The van der Waals surface area contributed by atoms with Crippen LogP contribution in [-0.4, -0.2) is 26.5 Å². The van der Waals surface area contributed by atoms with E-state index in [0.29, 0.717) is 10.5 Å². The Morgan fingerprint density at radius 2 is 2.17 bits per heavy atom. The highest BCUT2D eigenvalue weighted by atomic mass is 32.2. The van der Waals surface area contributed by atoms with Gasteiger partial charge in [-0.2, -0.15) is 23.5 Å². The zero-order chi connectivity index (χ0) is 13.1. The van der Waals surface area contributed by atoms with Crippen LogP contribution >= 0.6 is 23.5 Å². The average molecular weight is 283 g/mol. The summed E-state index contributed by atoms with van der Waals surface area (Å²) < 4.78 is 0. The summed E-state index contributed by atoms with van der Waals surface area (Å²) >= 11 is 4.07. The summed E-state index contributed by atoms with van der Waals surface area (Å²) in [4.78, 5) is 4.37. The first-order valence-electron chi connectivity index (χ1n) is 6.27. The Hall–Kier alpha value is -0.230. The summed E-state index contributed by atoms with van der Waals surface area (Å²) in [6, 6.07) is 4.36. The molecule has 0 bridgehead atoms. The molecule has 2 rings (SSSR count). The highest BCUT2D eigenvalue weighted by Gasteiger charge is 2.31. The van der Waals surface area contributed by atoms with Crippen LogP contribution in [0.4, 0.5) is 0 Å². The number of nitrogens with zero attached hydrogens (tertiary/aromatic N) is 1. The summed E-state index contributed by atoms with van der Waals surface area (Å²) in [7, 11) is 0. The standard InChI is InChI=1S/C13H21N3S2/c1-8-4-5-11(6-15-8)13(16-14)12-7-17-9(2)10(3)18-12/h4-6,9-10,12-13,16H,7,14H2,1-3H3. The van der Waals surface area contributed by atoms with E-state index < -0.39 is 0 Å². The minimum Gasteiger partial charge on any atom is -0.271 e. The molecule has 18 heavy (non-hydrogen) atoms. The lowest BCUT2D eigenvalue weighted by Gasteiger charge is -2.35. The molecular formula is C13H21N3S2. The molecule has 1 aliphatic rings. The molecule has 1 aromatic rings. The van der Waals surface area contributed by atoms with E-state index in [9.17, 15) is 0 Å². The SMILES string of the molecule is Cc1ccc(C(NN)C2CSC(C)C(C)S2)cn1. The quantitative estimate of drug-likeness (QED) is 0.659. The van der Waals surface area contributed by atoms with Crippen molar-refractivity contribution < 1.29 is 0 Å². The lowest BCUT2D eigenvalue weighted by atomic mass is 10.1. The van der Waals surface area contributed by atoms with Gasteiger partial charge in [0.2, 0.25) is 0 Å². The second-order valence-electron chi connectivity index (χ2n) is 4.80. The molecule has 4 unspecified atom stereocenters. The van der Waals surface area contributed by atoms with E-state index in [-0.39, 0.29) is 6.04 Å². The maximum Gasteiger partial charge on any atom is 0.0601 e. The topological polar surface area (TPSA) is 50.9 Å². The molecule has 4 atom stereocenters. The van der Waals surface area contributed by atoms with Crippen molar-refractivity contribution in [2.24, 2.45) is 5.84 Å². The number of nitrogens with one attached hydrogen (secondary N) is 1. The number of hydrazine groups is 1. The number of nitrogens with two attached hydrogens (primary N) is 1. The lowest BCUT2D eigenvalue weighted by molar-refractivity contribution is 0.548. The predicted molar refractivity (Wildman–Crippen MR) is 81.8 cm³/mol. The first-order valence-corrected chi connectivity index (χ1v) is 8.26. The van der Waals surface area contributed by atoms with Crippen LogP contribution in [-0.2, 0) is 0 Å². The maximum atomic E-state index is 5.75. The predicted octanol–water partition coefficient (Wildman–Crippen LogP) is 2.52. The molecule has 0 saturated carbocycles. The third-order valence-corrected chi connectivity index (χ3v) is 6.91. The van der Waals surface area contributed by atoms with Crippen LogP contribution < -0.4 is 11.3 Å². The Kier molecular flexibility index (Phi) is 4.95. The van der Waals surface area contributed by atoms with Crippen molar-refractivity contribution >= 4 is 23.5 Å². The van der Waals surface area contributed by atoms with E-state index in [2.05, 4.69) is 30.3 Å². The Labute approximate surface area is 118 Å². The molecule has 1 saturated heterocycles. The van der Waals surface area contributed by atoms with Crippen LogP contribution in [0.25, 0.3) is 0 Å². The second kappa shape index (κ2) is 6.28.